The third kappa shape index (κ3) is 5.21. The summed E-state index contributed by atoms with van der Waals surface area (Å²) in [4.78, 5) is 2.53. The predicted molar refractivity (Wildman–Crippen MR) is 86.4 cm³/mol. The van der Waals surface area contributed by atoms with E-state index in [0.29, 0.717) is 13.2 Å². The maximum absolute atomic E-state index is 5.73. The largest absolute Gasteiger partial charge is 0.494 e. The first-order chi connectivity index (χ1) is 10.3. The molecule has 0 spiro atoms. The Bertz CT molecular complexity index is 417. The van der Waals surface area contributed by atoms with E-state index in [2.05, 4.69) is 16.3 Å². The topological polar surface area (TPSA) is 33.7 Å². The van der Waals surface area contributed by atoms with Gasteiger partial charge in [0.15, 0.2) is 0 Å². The molecule has 1 fully saturated rings. The van der Waals surface area contributed by atoms with Crippen LogP contribution in [0, 0.1) is 0 Å². The van der Waals surface area contributed by atoms with E-state index in [1.807, 2.05) is 26.0 Å². The number of rotatable bonds is 8. The van der Waals surface area contributed by atoms with Crippen molar-refractivity contribution < 1.29 is 9.47 Å². The standard InChI is InChI=1S/C17H28N2O2/c1-3-20-16-7-8-17(21-4-2)15(14-16)6-5-11-19-12-9-18-10-13-19/h7-8,14,18H,3-6,9-13H2,1-2H3. The van der Waals surface area contributed by atoms with E-state index in [1.165, 1.54) is 5.56 Å². The molecule has 0 aliphatic carbocycles. The van der Waals surface area contributed by atoms with Crippen LogP contribution in [-0.2, 0) is 6.42 Å². The molecule has 0 atom stereocenters. The van der Waals surface area contributed by atoms with Crippen molar-refractivity contribution in [1.29, 1.82) is 0 Å². The molecule has 4 heteroatoms. The van der Waals surface area contributed by atoms with Gasteiger partial charge in [-0.05, 0) is 57.0 Å². The van der Waals surface area contributed by atoms with Gasteiger partial charge in [-0.25, -0.2) is 0 Å². The summed E-state index contributed by atoms with van der Waals surface area (Å²) in [5.41, 5.74) is 1.26. The molecule has 2 rings (SSSR count). The zero-order valence-electron chi connectivity index (χ0n) is 13.4. The fourth-order valence-corrected chi connectivity index (χ4v) is 2.73. The first-order valence-corrected chi connectivity index (χ1v) is 8.15. The lowest BCUT2D eigenvalue weighted by atomic mass is 10.1. The lowest BCUT2D eigenvalue weighted by Gasteiger charge is -2.27. The van der Waals surface area contributed by atoms with Crippen molar-refractivity contribution in [2.24, 2.45) is 0 Å². The third-order valence-corrected chi connectivity index (χ3v) is 3.77. The Labute approximate surface area is 128 Å². The molecule has 0 amide bonds. The second-order valence-electron chi connectivity index (χ2n) is 5.33. The van der Waals surface area contributed by atoms with E-state index in [-0.39, 0.29) is 0 Å². The highest BCUT2D eigenvalue weighted by atomic mass is 16.5. The zero-order valence-corrected chi connectivity index (χ0v) is 13.4. The van der Waals surface area contributed by atoms with E-state index < -0.39 is 0 Å². The quantitative estimate of drug-likeness (QED) is 0.797. The van der Waals surface area contributed by atoms with E-state index in [9.17, 15) is 0 Å². The Morgan fingerprint density at radius 3 is 2.57 bits per heavy atom. The van der Waals surface area contributed by atoms with E-state index in [0.717, 1.165) is 57.1 Å². The summed E-state index contributed by atoms with van der Waals surface area (Å²) >= 11 is 0. The Morgan fingerprint density at radius 1 is 1.10 bits per heavy atom. The van der Waals surface area contributed by atoms with Gasteiger partial charge in [0, 0.05) is 26.2 Å². The van der Waals surface area contributed by atoms with Gasteiger partial charge in [-0.3, -0.25) is 0 Å². The molecule has 1 heterocycles. The van der Waals surface area contributed by atoms with Crippen LogP contribution >= 0.6 is 0 Å². The molecule has 4 nitrogen and oxygen atoms in total. The highest BCUT2D eigenvalue weighted by molar-refractivity contribution is 5.40. The number of aryl methyl sites for hydroxylation is 1. The molecule has 1 aromatic carbocycles. The van der Waals surface area contributed by atoms with Crippen molar-refractivity contribution in [2.75, 3.05) is 45.9 Å². The minimum atomic E-state index is 0.703. The Hall–Kier alpha value is -1.26. The normalized spacial score (nSPS) is 15.9. The fraction of sp³-hybridized carbons (Fsp3) is 0.647. The van der Waals surface area contributed by atoms with Gasteiger partial charge in [0.25, 0.3) is 0 Å². The van der Waals surface area contributed by atoms with Gasteiger partial charge in [0.1, 0.15) is 11.5 Å². The molecule has 1 aliphatic heterocycles. The lowest BCUT2D eigenvalue weighted by Crippen LogP contribution is -2.43. The smallest absolute Gasteiger partial charge is 0.122 e. The van der Waals surface area contributed by atoms with Crippen LogP contribution in [0.15, 0.2) is 18.2 Å². The number of piperazine rings is 1. The maximum atomic E-state index is 5.73. The van der Waals surface area contributed by atoms with Crippen molar-refractivity contribution in [3.05, 3.63) is 23.8 Å². The average molecular weight is 292 g/mol. The van der Waals surface area contributed by atoms with Crippen LogP contribution < -0.4 is 14.8 Å². The third-order valence-electron chi connectivity index (χ3n) is 3.77. The molecule has 1 aromatic rings. The molecule has 0 radical (unpaired) electrons. The molecule has 1 aliphatic rings. The van der Waals surface area contributed by atoms with Gasteiger partial charge in [0.05, 0.1) is 13.2 Å². The number of hydrogen-bond donors (Lipinski definition) is 1. The van der Waals surface area contributed by atoms with Crippen molar-refractivity contribution in [1.82, 2.24) is 10.2 Å². The van der Waals surface area contributed by atoms with Crippen LogP contribution in [0.4, 0.5) is 0 Å². The summed E-state index contributed by atoms with van der Waals surface area (Å²) < 4.78 is 11.3. The van der Waals surface area contributed by atoms with E-state index in [1.54, 1.807) is 0 Å². The average Bonchev–Trinajstić information content (AvgIpc) is 2.51. The summed E-state index contributed by atoms with van der Waals surface area (Å²) in [5, 5.41) is 3.39. The number of nitrogens with zero attached hydrogens (tertiary/aromatic N) is 1. The molecule has 0 saturated carbocycles. The molecule has 0 bridgehead atoms. The molecule has 1 N–H and O–H groups in total. The van der Waals surface area contributed by atoms with Crippen LogP contribution in [-0.4, -0.2) is 50.8 Å². The van der Waals surface area contributed by atoms with Gasteiger partial charge in [0.2, 0.25) is 0 Å². The predicted octanol–water partition coefficient (Wildman–Crippen LogP) is 2.32. The van der Waals surface area contributed by atoms with Gasteiger partial charge in [-0.15, -0.1) is 0 Å². The summed E-state index contributed by atoms with van der Waals surface area (Å²) in [5.74, 6) is 1.94. The molecule has 118 valence electrons. The summed E-state index contributed by atoms with van der Waals surface area (Å²) in [6.45, 7) is 11.2. The van der Waals surface area contributed by atoms with E-state index in [4.69, 9.17) is 9.47 Å². The number of ether oxygens (including phenoxy) is 2. The minimum Gasteiger partial charge on any atom is -0.494 e. The Balaban J connectivity index is 1.90. The molecule has 0 unspecified atom stereocenters. The van der Waals surface area contributed by atoms with Crippen molar-refractivity contribution in [3.63, 3.8) is 0 Å². The first-order valence-electron chi connectivity index (χ1n) is 8.15. The van der Waals surface area contributed by atoms with Gasteiger partial charge in [-0.2, -0.15) is 0 Å². The van der Waals surface area contributed by atoms with Gasteiger partial charge < -0.3 is 19.7 Å². The SMILES string of the molecule is CCOc1ccc(OCC)c(CCCN2CCNCC2)c1. The highest BCUT2D eigenvalue weighted by Gasteiger charge is 2.10. The molecular formula is C17H28N2O2. The highest BCUT2D eigenvalue weighted by Crippen LogP contribution is 2.25. The van der Waals surface area contributed by atoms with E-state index >= 15 is 0 Å². The monoisotopic (exact) mass is 292 g/mol. The Kier molecular flexibility index (Phi) is 6.83. The molecular weight excluding hydrogens is 264 g/mol. The molecule has 0 aromatic heterocycles. The number of hydrogen-bond acceptors (Lipinski definition) is 4. The van der Waals surface area contributed by atoms with Crippen molar-refractivity contribution >= 4 is 0 Å². The zero-order chi connectivity index (χ0) is 14.9. The molecule has 21 heavy (non-hydrogen) atoms. The number of nitrogens with one attached hydrogen (secondary N) is 1. The van der Waals surface area contributed by atoms with Crippen LogP contribution in [0.2, 0.25) is 0 Å². The minimum absolute atomic E-state index is 0.703. The second-order valence-corrected chi connectivity index (χ2v) is 5.33. The number of benzene rings is 1. The first kappa shape index (κ1) is 16.1. The molecule has 1 saturated heterocycles. The summed E-state index contributed by atoms with van der Waals surface area (Å²) in [7, 11) is 0. The van der Waals surface area contributed by atoms with Gasteiger partial charge in [-0.1, -0.05) is 0 Å². The van der Waals surface area contributed by atoms with Crippen molar-refractivity contribution in [2.45, 2.75) is 26.7 Å². The summed E-state index contributed by atoms with van der Waals surface area (Å²) in [6, 6.07) is 6.16. The van der Waals surface area contributed by atoms with Gasteiger partial charge >= 0.3 is 0 Å². The lowest BCUT2D eigenvalue weighted by molar-refractivity contribution is 0.238. The van der Waals surface area contributed by atoms with Crippen LogP contribution in [0.5, 0.6) is 11.5 Å². The van der Waals surface area contributed by atoms with Crippen LogP contribution in [0.25, 0.3) is 0 Å². The second kappa shape index (κ2) is 8.90. The van der Waals surface area contributed by atoms with Crippen molar-refractivity contribution in [3.8, 4) is 11.5 Å². The fourth-order valence-electron chi connectivity index (χ4n) is 2.73. The van der Waals surface area contributed by atoms with Crippen LogP contribution in [0.3, 0.4) is 0 Å². The summed E-state index contributed by atoms with van der Waals surface area (Å²) in [6.07, 6.45) is 2.20. The maximum Gasteiger partial charge on any atom is 0.122 e. The Morgan fingerprint density at radius 2 is 1.86 bits per heavy atom. The van der Waals surface area contributed by atoms with Crippen LogP contribution in [0.1, 0.15) is 25.8 Å².